The summed E-state index contributed by atoms with van der Waals surface area (Å²) in [5, 5.41) is 0. The van der Waals surface area contributed by atoms with E-state index in [9.17, 15) is 4.79 Å². The van der Waals surface area contributed by atoms with Crippen LogP contribution in [0.25, 0.3) is 0 Å². The van der Waals surface area contributed by atoms with Gasteiger partial charge < -0.3 is 4.74 Å². The lowest BCUT2D eigenvalue weighted by atomic mass is 9.94. The molecule has 1 aromatic carbocycles. The molecule has 3 heteroatoms. The van der Waals surface area contributed by atoms with Crippen molar-refractivity contribution in [2.24, 2.45) is 5.92 Å². The first-order chi connectivity index (χ1) is 8.25. The fourth-order valence-electron chi connectivity index (χ4n) is 1.87. The van der Waals surface area contributed by atoms with Crippen LogP contribution in [-0.2, 0) is 16.1 Å². The molecule has 2 nitrogen and oxygen atoms in total. The number of hydrogen-bond acceptors (Lipinski definition) is 2. The first kappa shape index (κ1) is 12.8. The van der Waals surface area contributed by atoms with Gasteiger partial charge in [-0.15, -0.1) is 0 Å². The lowest BCUT2D eigenvalue weighted by molar-refractivity contribution is -0.116. The van der Waals surface area contributed by atoms with Crippen LogP contribution in [-0.4, -0.2) is 12.4 Å². The number of rotatable bonds is 4. The Balaban J connectivity index is 1.75. The molecule has 0 fully saturated rings. The van der Waals surface area contributed by atoms with Crippen molar-refractivity contribution in [1.82, 2.24) is 0 Å². The van der Waals surface area contributed by atoms with Gasteiger partial charge >= 0.3 is 0 Å². The lowest BCUT2D eigenvalue weighted by Crippen LogP contribution is -2.18. The predicted octanol–water partition coefficient (Wildman–Crippen LogP) is 3.50. The van der Waals surface area contributed by atoms with E-state index < -0.39 is 0 Å². The second-order valence-electron chi connectivity index (χ2n) is 4.28. The van der Waals surface area contributed by atoms with E-state index >= 15 is 0 Å². The van der Waals surface area contributed by atoms with Crippen LogP contribution < -0.4 is 0 Å². The minimum Gasteiger partial charge on any atom is -0.376 e. The molecule has 0 saturated carbocycles. The van der Waals surface area contributed by atoms with Gasteiger partial charge in [0, 0.05) is 6.42 Å². The van der Waals surface area contributed by atoms with Crippen molar-refractivity contribution in [3.63, 3.8) is 0 Å². The normalized spacial score (nSPS) is 20.2. The summed E-state index contributed by atoms with van der Waals surface area (Å²) in [7, 11) is 0. The Morgan fingerprint density at radius 1 is 1.29 bits per heavy atom. The van der Waals surface area contributed by atoms with Crippen LogP contribution in [0.2, 0.25) is 0 Å². The average molecular weight is 342 g/mol. The molecular weight excluding hydrogens is 327 g/mol. The van der Waals surface area contributed by atoms with Gasteiger partial charge in [-0.05, 0) is 40.5 Å². The highest BCUT2D eigenvalue weighted by molar-refractivity contribution is 14.1. The number of carbonyl (C=O) groups is 1. The number of ether oxygens (including phenoxy) is 1. The van der Waals surface area contributed by atoms with E-state index in [0.29, 0.717) is 25.6 Å². The second-order valence-corrected chi connectivity index (χ2v) is 5.44. The Morgan fingerprint density at radius 3 is 2.76 bits per heavy atom. The number of ketones is 1. The van der Waals surface area contributed by atoms with E-state index in [0.717, 1.165) is 10.0 Å². The molecule has 0 amide bonds. The van der Waals surface area contributed by atoms with Gasteiger partial charge in [-0.3, -0.25) is 4.79 Å². The quantitative estimate of drug-likeness (QED) is 0.783. The monoisotopic (exact) mass is 342 g/mol. The van der Waals surface area contributed by atoms with E-state index in [-0.39, 0.29) is 5.78 Å². The topological polar surface area (TPSA) is 26.3 Å². The number of benzene rings is 1. The summed E-state index contributed by atoms with van der Waals surface area (Å²) in [5.74, 6) is 0.606. The molecule has 0 saturated heterocycles. The van der Waals surface area contributed by atoms with Crippen LogP contribution in [0.1, 0.15) is 18.4 Å². The summed E-state index contributed by atoms with van der Waals surface area (Å²) in [5.41, 5.74) is 1.18. The van der Waals surface area contributed by atoms with Crippen LogP contribution in [0.15, 0.2) is 40.0 Å². The van der Waals surface area contributed by atoms with Gasteiger partial charge in [-0.25, -0.2) is 0 Å². The summed E-state index contributed by atoms with van der Waals surface area (Å²) < 4.78 is 6.54. The smallest absolute Gasteiger partial charge is 0.168 e. The van der Waals surface area contributed by atoms with E-state index in [1.165, 1.54) is 5.56 Å². The number of allylic oxidation sites excluding steroid dienone is 2. The van der Waals surface area contributed by atoms with Crippen molar-refractivity contribution < 1.29 is 9.53 Å². The molecule has 0 aliphatic heterocycles. The summed E-state index contributed by atoms with van der Waals surface area (Å²) in [6, 6.07) is 10.1. The molecule has 0 radical (unpaired) electrons. The van der Waals surface area contributed by atoms with Crippen molar-refractivity contribution >= 4 is 28.4 Å². The molecule has 2 rings (SSSR count). The zero-order valence-electron chi connectivity index (χ0n) is 9.56. The molecule has 1 aromatic rings. The molecule has 0 spiro atoms. The van der Waals surface area contributed by atoms with Crippen LogP contribution in [0.5, 0.6) is 0 Å². The molecule has 90 valence electrons. The second kappa shape index (κ2) is 6.31. The zero-order chi connectivity index (χ0) is 12.1. The maximum absolute atomic E-state index is 11.5. The summed E-state index contributed by atoms with van der Waals surface area (Å²) >= 11 is 2.11. The van der Waals surface area contributed by atoms with Crippen LogP contribution in [0, 0.1) is 5.92 Å². The fraction of sp³-hybridized carbons (Fsp3) is 0.357. The van der Waals surface area contributed by atoms with E-state index in [2.05, 4.69) is 34.7 Å². The highest BCUT2D eigenvalue weighted by atomic mass is 127. The number of Topliss-reactive ketones (excluding diaryl/α,β-unsaturated/α-hetero) is 1. The summed E-state index contributed by atoms with van der Waals surface area (Å²) in [6.45, 7) is 1.30. The van der Waals surface area contributed by atoms with Crippen molar-refractivity contribution in [3.8, 4) is 0 Å². The number of hydrogen-bond donors (Lipinski definition) is 0. The van der Waals surface area contributed by atoms with Crippen LogP contribution >= 0.6 is 22.6 Å². The molecule has 0 aromatic heterocycles. The van der Waals surface area contributed by atoms with E-state index in [1.54, 1.807) is 0 Å². The fourth-order valence-corrected chi connectivity index (χ4v) is 2.35. The molecule has 1 unspecified atom stereocenters. The predicted molar refractivity (Wildman–Crippen MR) is 75.9 cm³/mol. The molecule has 1 aliphatic rings. The Bertz CT molecular complexity index is 411. The Labute approximate surface area is 115 Å². The van der Waals surface area contributed by atoms with Crippen molar-refractivity contribution in [3.05, 3.63) is 45.6 Å². The Kier molecular flexibility index (Phi) is 4.74. The minimum absolute atomic E-state index is 0.255. The summed E-state index contributed by atoms with van der Waals surface area (Å²) in [6.07, 6.45) is 3.60. The van der Waals surface area contributed by atoms with Gasteiger partial charge in [0.2, 0.25) is 0 Å². The maximum Gasteiger partial charge on any atom is 0.168 e. The standard InChI is InChI=1S/C14H15IO2/c15-13-7-6-12(8-14(13)16)10-17-9-11-4-2-1-3-5-11/h1-5,7,12H,6,8-10H2. The Hall–Kier alpha value is -0.680. The molecule has 0 bridgehead atoms. The first-order valence-electron chi connectivity index (χ1n) is 5.76. The average Bonchev–Trinajstić information content (AvgIpc) is 2.35. The molecule has 1 atom stereocenters. The third-order valence-electron chi connectivity index (χ3n) is 2.84. The van der Waals surface area contributed by atoms with Gasteiger partial charge in [-0.1, -0.05) is 36.4 Å². The van der Waals surface area contributed by atoms with Crippen molar-refractivity contribution in [2.45, 2.75) is 19.4 Å². The third kappa shape index (κ3) is 3.92. The van der Waals surface area contributed by atoms with Crippen molar-refractivity contribution in [2.75, 3.05) is 6.61 Å². The van der Waals surface area contributed by atoms with Gasteiger partial charge in [-0.2, -0.15) is 0 Å². The third-order valence-corrected chi connectivity index (χ3v) is 3.88. The van der Waals surface area contributed by atoms with Gasteiger partial charge in [0.05, 0.1) is 16.8 Å². The van der Waals surface area contributed by atoms with E-state index in [4.69, 9.17) is 4.74 Å². The maximum atomic E-state index is 11.5. The van der Waals surface area contributed by atoms with Gasteiger partial charge in [0.1, 0.15) is 0 Å². The highest BCUT2D eigenvalue weighted by Gasteiger charge is 2.20. The zero-order valence-corrected chi connectivity index (χ0v) is 11.7. The largest absolute Gasteiger partial charge is 0.376 e. The molecule has 17 heavy (non-hydrogen) atoms. The van der Waals surface area contributed by atoms with Gasteiger partial charge in [0.15, 0.2) is 5.78 Å². The SMILES string of the molecule is O=C1CC(COCc2ccccc2)CC=C1I. The first-order valence-corrected chi connectivity index (χ1v) is 6.84. The highest BCUT2D eigenvalue weighted by Crippen LogP contribution is 2.24. The minimum atomic E-state index is 0.255. The molecular formula is C14H15IO2. The van der Waals surface area contributed by atoms with E-state index in [1.807, 2.05) is 24.3 Å². The van der Waals surface area contributed by atoms with Crippen LogP contribution in [0.3, 0.4) is 0 Å². The molecule has 0 N–H and O–H groups in total. The Morgan fingerprint density at radius 2 is 2.06 bits per heavy atom. The van der Waals surface area contributed by atoms with Crippen molar-refractivity contribution in [1.29, 1.82) is 0 Å². The summed E-state index contributed by atoms with van der Waals surface area (Å²) in [4.78, 5) is 11.5. The molecule has 1 aliphatic carbocycles. The molecule has 0 heterocycles. The van der Waals surface area contributed by atoms with Crippen LogP contribution in [0.4, 0.5) is 0 Å². The lowest BCUT2D eigenvalue weighted by Gasteiger charge is -2.18. The number of carbonyl (C=O) groups excluding carboxylic acids is 1. The van der Waals surface area contributed by atoms with Gasteiger partial charge in [0.25, 0.3) is 0 Å². The number of halogens is 1.